The molecule has 0 saturated heterocycles. The number of carbonyl (C=O) groups is 2. The molecule has 3 heteroatoms. The van der Waals surface area contributed by atoms with Gasteiger partial charge < -0.3 is 4.74 Å². The van der Waals surface area contributed by atoms with Crippen molar-refractivity contribution in [3.05, 3.63) is 76.9 Å². The van der Waals surface area contributed by atoms with Gasteiger partial charge in [0, 0.05) is 5.92 Å². The van der Waals surface area contributed by atoms with Crippen molar-refractivity contribution in [3.63, 3.8) is 0 Å². The van der Waals surface area contributed by atoms with Gasteiger partial charge in [-0.05, 0) is 54.5 Å². The van der Waals surface area contributed by atoms with Crippen LogP contribution in [0.15, 0.2) is 54.6 Å². The lowest BCUT2D eigenvalue weighted by Crippen LogP contribution is -2.34. The van der Waals surface area contributed by atoms with Crippen molar-refractivity contribution in [2.24, 2.45) is 5.92 Å². The molecule has 28 heavy (non-hydrogen) atoms. The van der Waals surface area contributed by atoms with Gasteiger partial charge in [-0.15, -0.1) is 0 Å². The molecule has 0 spiro atoms. The molecule has 0 amide bonds. The molecule has 0 fully saturated rings. The third-order valence-electron chi connectivity index (χ3n) is 5.46. The van der Waals surface area contributed by atoms with Crippen LogP contribution in [0.5, 0.6) is 0 Å². The van der Waals surface area contributed by atoms with Gasteiger partial charge in [-0.1, -0.05) is 67.9 Å². The normalized spacial score (nSPS) is 19.5. The fourth-order valence-electron chi connectivity index (χ4n) is 3.79. The predicted octanol–water partition coefficient (Wildman–Crippen LogP) is 5.44. The van der Waals surface area contributed by atoms with E-state index in [1.54, 1.807) is 13.0 Å². The maximum Gasteiger partial charge on any atom is 0.317 e. The average molecular weight is 376 g/mol. The van der Waals surface area contributed by atoms with Gasteiger partial charge in [0.1, 0.15) is 5.92 Å². The number of esters is 1. The third kappa shape index (κ3) is 4.24. The van der Waals surface area contributed by atoms with E-state index in [0.29, 0.717) is 12.3 Å². The zero-order valence-corrected chi connectivity index (χ0v) is 17.1. The summed E-state index contributed by atoms with van der Waals surface area (Å²) in [6.07, 6.45) is 2.27. The number of aryl methyl sites for hydroxylation is 1. The summed E-state index contributed by atoms with van der Waals surface area (Å²) in [4.78, 5) is 25.5. The van der Waals surface area contributed by atoms with E-state index in [2.05, 4.69) is 38.1 Å². The van der Waals surface area contributed by atoms with E-state index < -0.39 is 11.9 Å². The van der Waals surface area contributed by atoms with Crippen LogP contribution in [0.3, 0.4) is 0 Å². The molecule has 146 valence electrons. The van der Waals surface area contributed by atoms with E-state index in [1.165, 1.54) is 11.1 Å². The molecule has 0 aliphatic heterocycles. The highest BCUT2D eigenvalue weighted by Gasteiger charge is 2.39. The van der Waals surface area contributed by atoms with Gasteiger partial charge in [-0.3, -0.25) is 9.59 Å². The summed E-state index contributed by atoms with van der Waals surface area (Å²) in [7, 11) is 0. The maximum absolute atomic E-state index is 12.9. The second kappa shape index (κ2) is 8.55. The van der Waals surface area contributed by atoms with Gasteiger partial charge in [0.05, 0.1) is 6.61 Å². The highest BCUT2D eigenvalue weighted by atomic mass is 16.5. The lowest BCUT2D eigenvalue weighted by Gasteiger charge is -2.29. The summed E-state index contributed by atoms with van der Waals surface area (Å²) in [6.45, 7) is 8.39. The predicted molar refractivity (Wildman–Crippen MR) is 112 cm³/mol. The smallest absolute Gasteiger partial charge is 0.317 e. The molecule has 2 atom stereocenters. The van der Waals surface area contributed by atoms with Crippen molar-refractivity contribution in [1.29, 1.82) is 0 Å². The van der Waals surface area contributed by atoms with Gasteiger partial charge in [-0.2, -0.15) is 0 Å². The number of carbonyl (C=O) groups excluding carboxylic acids is 2. The summed E-state index contributed by atoms with van der Waals surface area (Å²) in [5, 5.41) is 0. The molecule has 3 rings (SSSR count). The molecule has 2 aromatic rings. The summed E-state index contributed by atoms with van der Waals surface area (Å²) in [5.74, 6) is -1.15. The Labute approximate surface area is 167 Å². The summed E-state index contributed by atoms with van der Waals surface area (Å²) < 4.78 is 5.23. The first-order chi connectivity index (χ1) is 13.4. The minimum absolute atomic E-state index is 0.168. The first-order valence-electron chi connectivity index (χ1n) is 9.98. The Kier molecular flexibility index (Phi) is 6.13. The van der Waals surface area contributed by atoms with Gasteiger partial charge in [0.25, 0.3) is 0 Å². The first kappa shape index (κ1) is 20.1. The van der Waals surface area contributed by atoms with Crippen LogP contribution in [0.25, 0.3) is 5.57 Å². The van der Waals surface area contributed by atoms with Crippen LogP contribution in [-0.2, 0) is 14.3 Å². The van der Waals surface area contributed by atoms with Crippen LogP contribution >= 0.6 is 0 Å². The van der Waals surface area contributed by atoms with Crippen molar-refractivity contribution in [2.45, 2.75) is 46.0 Å². The number of hydrogen-bond acceptors (Lipinski definition) is 3. The molecule has 0 radical (unpaired) electrons. The van der Waals surface area contributed by atoms with Crippen molar-refractivity contribution >= 4 is 17.3 Å². The Morgan fingerprint density at radius 3 is 2.29 bits per heavy atom. The SMILES string of the molecule is CCOC(=O)[C@H]1C(=O)C=C(c2ccc(C)cc2)C[C@@H]1c1ccc(C(C)C)cc1. The van der Waals surface area contributed by atoms with Crippen molar-refractivity contribution in [2.75, 3.05) is 6.61 Å². The maximum atomic E-state index is 12.9. The number of rotatable bonds is 5. The second-order valence-corrected chi connectivity index (χ2v) is 7.80. The Hall–Kier alpha value is -2.68. The molecule has 3 nitrogen and oxygen atoms in total. The lowest BCUT2D eigenvalue weighted by molar-refractivity contribution is -0.151. The first-order valence-corrected chi connectivity index (χ1v) is 9.98. The molecular formula is C25H28O3. The van der Waals surface area contributed by atoms with Crippen LogP contribution in [-0.4, -0.2) is 18.4 Å². The fourth-order valence-corrected chi connectivity index (χ4v) is 3.79. The average Bonchev–Trinajstić information content (AvgIpc) is 2.68. The zero-order valence-electron chi connectivity index (χ0n) is 17.1. The summed E-state index contributed by atoms with van der Waals surface area (Å²) in [6, 6.07) is 16.5. The van der Waals surface area contributed by atoms with Crippen LogP contribution in [0.1, 0.15) is 61.3 Å². The summed E-state index contributed by atoms with van der Waals surface area (Å²) >= 11 is 0. The molecular weight excluding hydrogens is 348 g/mol. The Balaban J connectivity index is 1.99. The topological polar surface area (TPSA) is 43.4 Å². The van der Waals surface area contributed by atoms with Gasteiger partial charge >= 0.3 is 5.97 Å². The van der Waals surface area contributed by atoms with Crippen molar-refractivity contribution in [3.8, 4) is 0 Å². The van der Waals surface area contributed by atoms with Gasteiger partial charge in [0.2, 0.25) is 0 Å². The Morgan fingerprint density at radius 2 is 1.71 bits per heavy atom. The highest BCUT2D eigenvalue weighted by Crippen LogP contribution is 2.40. The molecule has 2 aromatic carbocycles. The fraction of sp³-hybridized carbons (Fsp3) is 0.360. The monoisotopic (exact) mass is 376 g/mol. The van der Waals surface area contributed by atoms with E-state index in [-0.39, 0.29) is 18.3 Å². The van der Waals surface area contributed by atoms with Crippen LogP contribution in [0, 0.1) is 12.8 Å². The van der Waals surface area contributed by atoms with E-state index in [1.807, 2.05) is 31.2 Å². The molecule has 0 bridgehead atoms. The van der Waals surface area contributed by atoms with E-state index in [9.17, 15) is 9.59 Å². The minimum Gasteiger partial charge on any atom is -0.465 e. The number of ketones is 1. The number of hydrogen-bond donors (Lipinski definition) is 0. The van der Waals surface area contributed by atoms with Gasteiger partial charge in [-0.25, -0.2) is 0 Å². The lowest BCUT2D eigenvalue weighted by atomic mass is 9.73. The number of ether oxygens (including phenoxy) is 1. The molecule has 0 unspecified atom stereocenters. The van der Waals surface area contributed by atoms with Crippen molar-refractivity contribution < 1.29 is 14.3 Å². The molecule has 1 aliphatic rings. The quantitative estimate of drug-likeness (QED) is 0.516. The highest BCUT2D eigenvalue weighted by molar-refractivity contribution is 6.10. The molecule has 0 heterocycles. The van der Waals surface area contributed by atoms with E-state index >= 15 is 0 Å². The Bertz CT molecular complexity index is 873. The van der Waals surface area contributed by atoms with E-state index in [4.69, 9.17) is 4.74 Å². The minimum atomic E-state index is -0.779. The zero-order chi connectivity index (χ0) is 20.3. The van der Waals surface area contributed by atoms with Crippen molar-refractivity contribution in [1.82, 2.24) is 0 Å². The van der Waals surface area contributed by atoms with Crippen LogP contribution in [0.2, 0.25) is 0 Å². The summed E-state index contributed by atoms with van der Waals surface area (Å²) in [5.41, 5.74) is 5.44. The third-order valence-corrected chi connectivity index (χ3v) is 5.46. The number of allylic oxidation sites excluding steroid dienone is 2. The molecule has 1 aliphatic carbocycles. The second-order valence-electron chi connectivity index (χ2n) is 7.80. The standard InChI is InChI=1S/C25H28O3/c1-5-28-25(27)24-22(20-12-10-18(11-13-20)16(2)3)14-21(15-23(24)26)19-8-6-17(4)7-9-19/h6-13,15-16,22,24H,5,14H2,1-4H3/t22-,24-/m1/s1. The van der Waals surface area contributed by atoms with Crippen LogP contribution in [0.4, 0.5) is 0 Å². The molecule has 0 aromatic heterocycles. The van der Waals surface area contributed by atoms with Crippen LogP contribution < -0.4 is 0 Å². The van der Waals surface area contributed by atoms with E-state index in [0.717, 1.165) is 16.7 Å². The number of benzene rings is 2. The molecule has 0 saturated carbocycles. The largest absolute Gasteiger partial charge is 0.465 e. The molecule has 0 N–H and O–H groups in total. The Morgan fingerprint density at radius 1 is 1.07 bits per heavy atom. The van der Waals surface area contributed by atoms with Gasteiger partial charge in [0.15, 0.2) is 5.78 Å².